The lowest BCUT2D eigenvalue weighted by molar-refractivity contribution is -0.128. The number of rotatable bonds is 4. The third kappa shape index (κ3) is 2.69. The predicted octanol–water partition coefficient (Wildman–Crippen LogP) is 0.670. The van der Waals surface area contributed by atoms with E-state index in [1.807, 2.05) is 11.8 Å². The number of carbonyl (C=O) groups is 1. The molecule has 96 valence electrons. The van der Waals surface area contributed by atoms with Gasteiger partial charge in [0.15, 0.2) is 0 Å². The largest absolute Gasteiger partial charge is 0.396 e. The number of amides is 1. The molecule has 17 heavy (non-hydrogen) atoms. The second kappa shape index (κ2) is 5.65. The third-order valence-electron chi connectivity index (χ3n) is 3.86. The van der Waals surface area contributed by atoms with E-state index < -0.39 is 0 Å². The van der Waals surface area contributed by atoms with Gasteiger partial charge >= 0.3 is 0 Å². The standard InChI is InChI=1S/C13H22N2O2/c1-10(11-8-14-9-11)13(17)15-6-2-4-12(15)5-3-7-16/h12,14,16H,2-9H2,1H3. The zero-order chi connectivity index (χ0) is 12.3. The van der Waals surface area contributed by atoms with E-state index in [1.54, 1.807) is 0 Å². The van der Waals surface area contributed by atoms with Crippen molar-refractivity contribution in [1.82, 2.24) is 10.2 Å². The summed E-state index contributed by atoms with van der Waals surface area (Å²) in [7, 11) is 0. The van der Waals surface area contributed by atoms with Crippen LogP contribution in [0.5, 0.6) is 0 Å². The van der Waals surface area contributed by atoms with Crippen molar-refractivity contribution in [3.05, 3.63) is 11.1 Å². The third-order valence-corrected chi connectivity index (χ3v) is 3.86. The van der Waals surface area contributed by atoms with Crippen LogP contribution in [0.15, 0.2) is 11.1 Å². The molecule has 2 N–H and O–H groups in total. The fourth-order valence-electron chi connectivity index (χ4n) is 2.61. The van der Waals surface area contributed by atoms with E-state index in [-0.39, 0.29) is 12.5 Å². The molecule has 2 heterocycles. The number of nitrogens with one attached hydrogen (secondary N) is 1. The smallest absolute Gasteiger partial charge is 0.249 e. The van der Waals surface area contributed by atoms with Crippen molar-refractivity contribution >= 4 is 5.91 Å². The Labute approximate surface area is 103 Å². The maximum Gasteiger partial charge on any atom is 0.249 e. The van der Waals surface area contributed by atoms with E-state index in [4.69, 9.17) is 5.11 Å². The Kier molecular flexibility index (Phi) is 4.18. The molecule has 2 saturated heterocycles. The van der Waals surface area contributed by atoms with Crippen LogP contribution in [0.3, 0.4) is 0 Å². The molecular weight excluding hydrogens is 216 g/mol. The van der Waals surface area contributed by atoms with Crippen molar-refractivity contribution in [3.8, 4) is 0 Å². The minimum absolute atomic E-state index is 0.210. The van der Waals surface area contributed by atoms with Gasteiger partial charge in [-0.15, -0.1) is 0 Å². The number of hydrogen-bond donors (Lipinski definition) is 2. The summed E-state index contributed by atoms with van der Waals surface area (Å²) in [6.07, 6.45) is 3.92. The lowest BCUT2D eigenvalue weighted by atomic mass is 10.0. The normalized spacial score (nSPS) is 23.8. The quantitative estimate of drug-likeness (QED) is 0.708. The zero-order valence-electron chi connectivity index (χ0n) is 10.5. The number of likely N-dealkylation sites (tertiary alicyclic amines) is 1. The zero-order valence-corrected chi connectivity index (χ0v) is 10.5. The van der Waals surface area contributed by atoms with Gasteiger partial charge in [-0.25, -0.2) is 0 Å². The number of carbonyl (C=O) groups excluding carboxylic acids is 1. The van der Waals surface area contributed by atoms with Crippen LogP contribution in [0.4, 0.5) is 0 Å². The number of hydrogen-bond acceptors (Lipinski definition) is 3. The van der Waals surface area contributed by atoms with Crippen molar-refractivity contribution in [2.75, 3.05) is 26.2 Å². The van der Waals surface area contributed by atoms with E-state index in [2.05, 4.69) is 5.32 Å². The highest BCUT2D eigenvalue weighted by Crippen LogP contribution is 2.24. The van der Waals surface area contributed by atoms with Crippen molar-refractivity contribution in [3.63, 3.8) is 0 Å². The van der Waals surface area contributed by atoms with Crippen LogP contribution in [0, 0.1) is 0 Å². The van der Waals surface area contributed by atoms with Gasteiger partial charge in [0.2, 0.25) is 5.91 Å². The predicted molar refractivity (Wildman–Crippen MR) is 66.6 cm³/mol. The van der Waals surface area contributed by atoms with E-state index in [1.165, 1.54) is 5.57 Å². The maximum atomic E-state index is 12.3. The molecule has 0 radical (unpaired) electrons. The summed E-state index contributed by atoms with van der Waals surface area (Å²) in [5.74, 6) is 0.210. The topological polar surface area (TPSA) is 52.6 Å². The average Bonchev–Trinajstić information content (AvgIpc) is 2.70. The van der Waals surface area contributed by atoms with Crippen LogP contribution >= 0.6 is 0 Å². The first-order chi connectivity index (χ1) is 8.24. The monoisotopic (exact) mass is 238 g/mol. The van der Waals surface area contributed by atoms with Gasteiger partial charge in [0.1, 0.15) is 0 Å². The number of nitrogens with zero attached hydrogens (tertiary/aromatic N) is 1. The molecule has 0 aromatic heterocycles. The lowest BCUT2D eigenvalue weighted by Gasteiger charge is -2.28. The van der Waals surface area contributed by atoms with Crippen molar-refractivity contribution in [1.29, 1.82) is 0 Å². The lowest BCUT2D eigenvalue weighted by Crippen LogP contribution is -2.40. The van der Waals surface area contributed by atoms with Crippen LogP contribution in [0.2, 0.25) is 0 Å². The minimum Gasteiger partial charge on any atom is -0.396 e. The fourth-order valence-corrected chi connectivity index (χ4v) is 2.61. The average molecular weight is 238 g/mol. The molecule has 0 aliphatic carbocycles. The summed E-state index contributed by atoms with van der Waals surface area (Å²) in [6, 6.07) is 0.346. The van der Waals surface area contributed by atoms with Gasteiger partial charge in [0.25, 0.3) is 0 Å². The van der Waals surface area contributed by atoms with Crippen LogP contribution in [0.25, 0.3) is 0 Å². The highest BCUT2D eigenvalue weighted by Gasteiger charge is 2.30. The van der Waals surface area contributed by atoms with Crippen LogP contribution in [-0.2, 0) is 4.79 Å². The molecule has 1 unspecified atom stereocenters. The Morgan fingerprint density at radius 2 is 2.29 bits per heavy atom. The maximum absolute atomic E-state index is 12.3. The molecule has 4 nitrogen and oxygen atoms in total. The molecule has 1 atom stereocenters. The second-order valence-corrected chi connectivity index (χ2v) is 4.99. The van der Waals surface area contributed by atoms with Crippen LogP contribution < -0.4 is 5.32 Å². The highest BCUT2D eigenvalue weighted by molar-refractivity contribution is 5.94. The van der Waals surface area contributed by atoms with E-state index in [9.17, 15) is 4.79 Å². The van der Waals surface area contributed by atoms with Crippen molar-refractivity contribution in [2.24, 2.45) is 0 Å². The van der Waals surface area contributed by atoms with Gasteiger partial charge in [-0.3, -0.25) is 4.79 Å². The summed E-state index contributed by atoms with van der Waals surface area (Å²) in [5.41, 5.74) is 2.18. The van der Waals surface area contributed by atoms with Gasteiger partial charge in [-0.1, -0.05) is 0 Å². The number of aliphatic hydroxyl groups excluding tert-OH is 1. The number of aliphatic hydroxyl groups is 1. The first-order valence-electron chi connectivity index (χ1n) is 6.55. The molecule has 4 heteroatoms. The summed E-state index contributed by atoms with van der Waals surface area (Å²) in [5, 5.41) is 12.0. The Morgan fingerprint density at radius 1 is 1.53 bits per heavy atom. The molecule has 2 rings (SSSR count). The van der Waals surface area contributed by atoms with Gasteiger partial charge < -0.3 is 15.3 Å². The van der Waals surface area contributed by atoms with Crippen molar-refractivity contribution in [2.45, 2.75) is 38.6 Å². The summed E-state index contributed by atoms with van der Waals surface area (Å²) < 4.78 is 0. The van der Waals surface area contributed by atoms with Gasteiger partial charge in [-0.05, 0) is 38.2 Å². The van der Waals surface area contributed by atoms with Crippen molar-refractivity contribution < 1.29 is 9.90 Å². The Balaban J connectivity index is 1.98. The van der Waals surface area contributed by atoms with Gasteiger partial charge in [0.05, 0.1) is 0 Å². The second-order valence-electron chi connectivity index (χ2n) is 4.99. The highest BCUT2D eigenvalue weighted by atomic mass is 16.3. The van der Waals surface area contributed by atoms with E-state index >= 15 is 0 Å². The molecule has 1 amide bonds. The Morgan fingerprint density at radius 3 is 2.88 bits per heavy atom. The minimum atomic E-state index is 0.210. The van der Waals surface area contributed by atoms with Crippen LogP contribution in [-0.4, -0.2) is 48.2 Å². The molecule has 2 aliphatic heterocycles. The SMILES string of the molecule is CC(C(=O)N1CCCC1CCCO)=C1CNC1. The molecule has 0 spiro atoms. The molecule has 0 aromatic carbocycles. The first kappa shape index (κ1) is 12.6. The summed E-state index contributed by atoms with van der Waals surface area (Å²) in [4.78, 5) is 14.3. The first-order valence-corrected chi connectivity index (χ1v) is 6.55. The Hall–Kier alpha value is -0.870. The Bertz CT molecular complexity index is 319. The molecule has 2 aliphatic rings. The van der Waals surface area contributed by atoms with Gasteiger partial charge in [0, 0.05) is 37.9 Å². The molecule has 0 aromatic rings. The van der Waals surface area contributed by atoms with E-state index in [0.29, 0.717) is 6.04 Å². The molecule has 0 saturated carbocycles. The molecule has 0 bridgehead atoms. The van der Waals surface area contributed by atoms with E-state index in [0.717, 1.165) is 50.9 Å². The summed E-state index contributed by atoms with van der Waals surface area (Å²) in [6.45, 7) is 4.79. The summed E-state index contributed by atoms with van der Waals surface area (Å²) >= 11 is 0. The van der Waals surface area contributed by atoms with Gasteiger partial charge in [-0.2, -0.15) is 0 Å². The molecule has 2 fully saturated rings. The van der Waals surface area contributed by atoms with Crippen LogP contribution in [0.1, 0.15) is 32.6 Å². The molecular formula is C13H22N2O2. The fraction of sp³-hybridized carbons (Fsp3) is 0.769.